The lowest BCUT2D eigenvalue weighted by Gasteiger charge is -2.12. The van der Waals surface area contributed by atoms with E-state index in [-0.39, 0.29) is 24.3 Å². The van der Waals surface area contributed by atoms with Gasteiger partial charge in [0.1, 0.15) is 24.7 Å². The molecule has 10 heteroatoms. The molecule has 31 heavy (non-hydrogen) atoms. The Hall–Kier alpha value is -2.42. The summed E-state index contributed by atoms with van der Waals surface area (Å²) in [6, 6.07) is 12.3. The minimum Gasteiger partial charge on any atom is -0.491 e. The quantitative estimate of drug-likeness (QED) is 0.479. The molecule has 0 fully saturated rings. The van der Waals surface area contributed by atoms with Crippen molar-refractivity contribution in [1.82, 2.24) is 20.1 Å². The van der Waals surface area contributed by atoms with E-state index in [1.165, 1.54) is 11.8 Å². The van der Waals surface area contributed by atoms with Gasteiger partial charge in [0.05, 0.1) is 11.8 Å². The summed E-state index contributed by atoms with van der Waals surface area (Å²) in [6.45, 7) is 3.32. The molecule has 0 bridgehead atoms. The molecule has 1 amide bonds. The highest BCUT2D eigenvalue weighted by atomic mass is 35.5. The molecule has 2 aromatic carbocycles. The maximum atomic E-state index is 12.5. The molecule has 7 nitrogen and oxygen atoms in total. The van der Waals surface area contributed by atoms with Gasteiger partial charge in [0, 0.05) is 22.2 Å². The van der Waals surface area contributed by atoms with Crippen molar-refractivity contribution in [2.45, 2.75) is 31.3 Å². The summed E-state index contributed by atoms with van der Waals surface area (Å²) in [5, 5.41) is 13.4. The first-order valence-corrected chi connectivity index (χ1v) is 11.4. The van der Waals surface area contributed by atoms with Crippen LogP contribution in [0.1, 0.15) is 24.4 Å². The van der Waals surface area contributed by atoms with Crippen molar-refractivity contribution in [3.05, 3.63) is 63.9 Å². The Morgan fingerprint density at radius 3 is 2.77 bits per heavy atom. The highest BCUT2D eigenvalue weighted by Crippen LogP contribution is 2.34. The Morgan fingerprint density at radius 2 is 2.00 bits per heavy atom. The number of rotatable bonds is 8. The zero-order valence-corrected chi connectivity index (χ0v) is 19.0. The lowest BCUT2D eigenvalue weighted by Crippen LogP contribution is -2.30. The lowest BCUT2D eigenvalue weighted by atomic mass is 10.1. The molecule has 1 atom stereocenters. The summed E-state index contributed by atoms with van der Waals surface area (Å²) in [7, 11) is 0. The monoisotopic (exact) mass is 478 g/mol. The Labute approximate surface area is 194 Å². The molecule has 1 unspecified atom stereocenters. The van der Waals surface area contributed by atoms with Crippen LogP contribution in [0, 0.1) is 0 Å². The summed E-state index contributed by atoms with van der Waals surface area (Å²) < 4.78 is 13.3. The normalized spacial score (nSPS) is 14.7. The van der Waals surface area contributed by atoms with Gasteiger partial charge >= 0.3 is 0 Å². The number of hydrogen-bond donors (Lipinski definition) is 1. The van der Waals surface area contributed by atoms with Crippen molar-refractivity contribution in [2.24, 2.45) is 0 Å². The van der Waals surface area contributed by atoms with Gasteiger partial charge in [0.2, 0.25) is 5.91 Å². The SMILES string of the molecule is CCn1c(COc2ccc(Cl)cc2)nnc1SCC(=O)NC1COc2ccc(Cl)cc21. The van der Waals surface area contributed by atoms with E-state index in [1.807, 2.05) is 23.6 Å². The molecule has 1 aliphatic rings. The minimum absolute atomic E-state index is 0.115. The first kappa shape index (κ1) is 21.8. The molecule has 0 saturated heterocycles. The second-order valence-electron chi connectivity index (χ2n) is 6.79. The number of nitrogens with one attached hydrogen (secondary N) is 1. The number of benzene rings is 2. The Morgan fingerprint density at radius 1 is 1.23 bits per heavy atom. The number of thioether (sulfide) groups is 1. The number of aromatic nitrogens is 3. The molecule has 4 rings (SSSR count). The van der Waals surface area contributed by atoms with Crippen molar-refractivity contribution in [1.29, 1.82) is 0 Å². The van der Waals surface area contributed by atoms with Gasteiger partial charge < -0.3 is 19.4 Å². The minimum atomic E-state index is -0.214. The van der Waals surface area contributed by atoms with Gasteiger partial charge in [-0.3, -0.25) is 4.79 Å². The van der Waals surface area contributed by atoms with Crippen LogP contribution in [0.25, 0.3) is 0 Å². The Balaban J connectivity index is 1.33. The number of hydrogen-bond acceptors (Lipinski definition) is 6. The molecule has 3 aromatic rings. The number of nitrogens with zero attached hydrogens (tertiary/aromatic N) is 3. The summed E-state index contributed by atoms with van der Waals surface area (Å²) in [6.07, 6.45) is 0. The van der Waals surface area contributed by atoms with Gasteiger partial charge in [-0.05, 0) is 49.4 Å². The van der Waals surface area contributed by atoms with E-state index in [0.717, 1.165) is 11.3 Å². The molecule has 1 aromatic heterocycles. The number of ether oxygens (including phenoxy) is 2. The van der Waals surface area contributed by atoms with Crippen LogP contribution in [0.2, 0.25) is 10.0 Å². The van der Waals surface area contributed by atoms with E-state index in [4.69, 9.17) is 32.7 Å². The fraction of sp³-hybridized carbons (Fsp3) is 0.286. The third-order valence-corrected chi connectivity index (χ3v) is 6.17. The summed E-state index contributed by atoms with van der Waals surface area (Å²) in [4.78, 5) is 12.5. The molecular formula is C21H20Cl2N4O3S. The topological polar surface area (TPSA) is 78.3 Å². The van der Waals surface area contributed by atoms with Gasteiger partial charge in [0.25, 0.3) is 0 Å². The molecule has 0 radical (unpaired) electrons. The first-order valence-electron chi connectivity index (χ1n) is 9.68. The number of amides is 1. The van der Waals surface area contributed by atoms with Gasteiger partial charge in [-0.15, -0.1) is 10.2 Å². The molecule has 2 heterocycles. The molecule has 0 saturated carbocycles. The number of carbonyl (C=O) groups excluding carboxylic acids is 1. The second kappa shape index (κ2) is 9.80. The van der Waals surface area contributed by atoms with Crippen molar-refractivity contribution in [3.8, 4) is 11.5 Å². The number of halogens is 2. The van der Waals surface area contributed by atoms with Gasteiger partial charge in [0.15, 0.2) is 11.0 Å². The largest absolute Gasteiger partial charge is 0.491 e. The average molecular weight is 479 g/mol. The fourth-order valence-corrected chi connectivity index (χ4v) is 4.34. The molecule has 1 N–H and O–H groups in total. The van der Waals surface area contributed by atoms with E-state index in [0.29, 0.717) is 39.9 Å². The maximum absolute atomic E-state index is 12.5. The highest BCUT2D eigenvalue weighted by Gasteiger charge is 2.26. The summed E-state index contributed by atoms with van der Waals surface area (Å²) in [5.41, 5.74) is 0.893. The van der Waals surface area contributed by atoms with Crippen LogP contribution >= 0.6 is 35.0 Å². The second-order valence-corrected chi connectivity index (χ2v) is 8.60. The zero-order chi connectivity index (χ0) is 21.8. The Kier molecular flexibility index (Phi) is 6.89. The van der Waals surface area contributed by atoms with Crippen LogP contribution in [-0.4, -0.2) is 33.0 Å². The molecule has 0 spiro atoms. The zero-order valence-electron chi connectivity index (χ0n) is 16.7. The van der Waals surface area contributed by atoms with Crippen molar-refractivity contribution < 1.29 is 14.3 Å². The van der Waals surface area contributed by atoms with Crippen molar-refractivity contribution in [3.63, 3.8) is 0 Å². The predicted molar refractivity (Wildman–Crippen MR) is 120 cm³/mol. The molecular weight excluding hydrogens is 459 g/mol. The average Bonchev–Trinajstić information content (AvgIpc) is 3.35. The van der Waals surface area contributed by atoms with Gasteiger partial charge in [-0.1, -0.05) is 35.0 Å². The number of carbonyl (C=O) groups is 1. The molecule has 0 aliphatic carbocycles. The summed E-state index contributed by atoms with van der Waals surface area (Å²) >= 11 is 13.3. The summed E-state index contributed by atoms with van der Waals surface area (Å²) in [5.74, 6) is 2.23. The highest BCUT2D eigenvalue weighted by molar-refractivity contribution is 7.99. The van der Waals surface area contributed by atoms with Crippen LogP contribution in [-0.2, 0) is 17.9 Å². The molecule has 1 aliphatic heterocycles. The third kappa shape index (κ3) is 5.26. The van der Waals surface area contributed by atoms with Gasteiger partial charge in [-0.2, -0.15) is 0 Å². The van der Waals surface area contributed by atoms with E-state index in [9.17, 15) is 4.79 Å². The van der Waals surface area contributed by atoms with E-state index < -0.39 is 0 Å². The predicted octanol–water partition coefficient (Wildman–Crippen LogP) is 4.53. The maximum Gasteiger partial charge on any atom is 0.231 e. The van der Waals surface area contributed by atoms with Crippen LogP contribution < -0.4 is 14.8 Å². The van der Waals surface area contributed by atoms with Crippen LogP contribution in [0.4, 0.5) is 0 Å². The van der Waals surface area contributed by atoms with Crippen LogP contribution in [0.3, 0.4) is 0 Å². The van der Waals surface area contributed by atoms with Crippen LogP contribution in [0.15, 0.2) is 47.6 Å². The smallest absolute Gasteiger partial charge is 0.231 e. The van der Waals surface area contributed by atoms with Gasteiger partial charge in [-0.25, -0.2) is 0 Å². The first-order chi connectivity index (χ1) is 15.0. The van der Waals surface area contributed by atoms with E-state index in [1.54, 1.807) is 30.3 Å². The van der Waals surface area contributed by atoms with E-state index >= 15 is 0 Å². The van der Waals surface area contributed by atoms with Crippen molar-refractivity contribution >= 4 is 40.9 Å². The van der Waals surface area contributed by atoms with Crippen molar-refractivity contribution in [2.75, 3.05) is 12.4 Å². The Bertz CT molecular complexity index is 1070. The fourth-order valence-electron chi connectivity index (χ4n) is 3.20. The third-order valence-electron chi connectivity index (χ3n) is 4.71. The standard InChI is InChI=1S/C21H20Cl2N4O3S/c1-2-27-19(11-29-15-6-3-13(22)4-7-15)25-26-21(27)31-12-20(28)24-17-10-30-18-8-5-14(23)9-16(17)18/h3-9,17H,2,10-12H2,1H3,(H,24,28). The van der Waals surface area contributed by atoms with E-state index in [2.05, 4.69) is 15.5 Å². The number of fused-ring (bicyclic) bond motifs is 1. The van der Waals surface area contributed by atoms with Crippen LogP contribution in [0.5, 0.6) is 11.5 Å². The lowest BCUT2D eigenvalue weighted by molar-refractivity contribution is -0.119. The molecule has 162 valence electrons.